The second kappa shape index (κ2) is 10.5. The summed E-state index contributed by atoms with van der Waals surface area (Å²) in [5.74, 6) is 0.840. The molecule has 0 aliphatic heterocycles. The third-order valence-corrected chi connectivity index (χ3v) is 4.66. The van der Waals surface area contributed by atoms with Crippen LogP contribution in [-0.2, 0) is 0 Å². The van der Waals surface area contributed by atoms with Crippen molar-refractivity contribution in [2.24, 2.45) is 5.10 Å². The number of rotatable bonds is 7. The van der Waals surface area contributed by atoms with Crippen LogP contribution in [0.25, 0.3) is 0 Å². The lowest BCUT2D eigenvalue weighted by molar-refractivity contribution is 0.0954. The molecule has 33 heavy (non-hydrogen) atoms. The minimum atomic E-state index is -0.358. The average molecular weight is 435 g/mol. The quantitative estimate of drug-likeness (QED) is 0.297. The molecule has 6 nitrogen and oxygen atoms in total. The van der Waals surface area contributed by atoms with Crippen molar-refractivity contribution in [2.45, 2.75) is 0 Å². The van der Waals surface area contributed by atoms with E-state index in [1.165, 1.54) is 0 Å². The smallest absolute Gasteiger partial charge is 0.271 e. The Bertz CT molecular complexity index is 1250. The van der Waals surface area contributed by atoms with Gasteiger partial charge >= 0.3 is 0 Å². The molecule has 0 bridgehead atoms. The van der Waals surface area contributed by atoms with Crippen molar-refractivity contribution in [1.29, 1.82) is 0 Å². The molecule has 4 rings (SSSR count). The maximum absolute atomic E-state index is 12.4. The van der Waals surface area contributed by atoms with Gasteiger partial charge in [0.1, 0.15) is 11.5 Å². The van der Waals surface area contributed by atoms with Crippen LogP contribution in [0.3, 0.4) is 0 Å². The molecular formula is C27H21N3O3. The monoisotopic (exact) mass is 435 g/mol. The summed E-state index contributed by atoms with van der Waals surface area (Å²) in [6, 6.07) is 32.4. The molecule has 0 heterocycles. The van der Waals surface area contributed by atoms with Gasteiger partial charge in [0, 0.05) is 16.8 Å². The van der Waals surface area contributed by atoms with Gasteiger partial charge in [-0.05, 0) is 66.2 Å². The topological polar surface area (TPSA) is 79.8 Å². The van der Waals surface area contributed by atoms with Crippen molar-refractivity contribution in [1.82, 2.24) is 5.43 Å². The van der Waals surface area contributed by atoms with E-state index in [-0.39, 0.29) is 11.8 Å². The van der Waals surface area contributed by atoms with Crippen molar-refractivity contribution in [3.8, 4) is 11.5 Å². The largest absolute Gasteiger partial charge is 0.457 e. The number of ether oxygens (including phenoxy) is 1. The summed E-state index contributed by atoms with van der Waals surface area (Å²) in [4.78, 5) is 24.6. The molecule has 0 aromatic heterocycles. The molecule has 0 unspecified atom stereocenters. The summed E-state index contributed by atoms with van der Waals surface area (Å²) in [6.07, 6.45) is 1.55. The van der Waals surface area contributed by atoms with Crippen molar-refractivity contribution in [3.05, 3.63) is 126 Å². The maximum Gasteiger partial charge on any atom is 0.271 e. The standard InChI is InChI=1S/C27H21N3O3/c31-26(21-9-3-1-4-10-21)29-23-16-14-22(15-17-23)27(32)30-28-19-20-8-7-13-25(18-20)33-24-11-5-2-6-12-24/h1-19H,(H,29,31)(H,30,32)/b28-19-. The Morgan fingerprint density at radius 3 is 2.03 bits per heavy atom. The highest BCUT2D eigenvalue weighted by Gasteiger charge is 2.07. The number of nitrogens with zero attached hydrogens (tertiary/aromatic N) is 1. The number of hydrogen-bond acceptors (Lipinski definition) is 4. The lowest BCUT2D eigenvalue weighted by Crippen LogP contribution is -2.17. The van der Waals surface area contributed by atoms with Gasteiger partial charge in [-0.25, -0.2) is 5.43 Å². The summed E-state index contributed by atoms with van der Waals surface area (Å²) < 4.78 is 5.80. The molecule has 4 aromatic carbocycles. The molecule has 162 valence electrons. The van der Waals surface area contributed by atoms with E-state index in [9.17, 15) is 9.59 Å². The molecule has 0 aliphatic carbocycles. The van der Waals surface area contributed by atoms with Crippen LogP contribution in [-0.4, -0.2) is 18.0 Å². The number of hydrazone groups is 1. The van der Waals surface area contributed by atoms with E-state index in [1.807, 2.05) is 60.7 Å². The van der Waals surface area contributed by atoms with Crippen molar-refractivity contribution in [3.63, 3.8) is 0 Å². The second-order valence-electron chi connectivity index (χ2n) is 7.08. The molecule has 0 spiro atoms. The fourth-order valence-corrected chi connectivity index (χ4v) is 3.01. The first-order valence-electron chi connectivity index (χ1n) is 10.3. The molecule has 0 aliphatic rings. The molecule has 0 atom stereocenters. The summed E-state index contributed by atoms with van der Waals surface area (Å²) in [5.41, 5.74) is 4.87. The average Bonchev–Trinajstić information content (AvgIpc) is 2.86. The lowest BCUT2D eigenvalue weighted by Gasteiger charge is -2.06. The molecule has 0 fully saturated rings. The molecule has 2 amide bonds. The molecule has 0 saturated carbocycles. The van der Waals surface area contributed by atoms with Crippen LogP contribution in [0.15, 0.2) is 114 Å². The molecule has 4 aromatic rings. The minimum absolute atomic E-state index is 0.212. The van der Waals surface area contributed by atoms with Crippen LogP contribution in [0.1, 0.15) is 26.3 Å². The fraction of sp³-hybridized carbons (Fsp3) is 0. The zero-order valence-corrected chi connectivity index (χ0v) is 17.6. The van der Waals surface area contributed by atoms with Crippen LogP contribution >= 0.6 is 0 Å². The number of benzene rings is 4. The van der Waals surface area contributed by atoms with Gasteiger partial charge in [-0.3, -0.25) is 9.59 Å². The zero-order valence-electron chi connectivity index (χ0n) is 17.6. The predicted octanol–water partition coefficient (Wildman–Crippen LogP) is 5.50. The molecule has 6 heteroatoms. The van der Waals surface area contributed by atoms with Crippen LogP contribution in [0.5, 0.6) is 11.5 Å². The molecule has 0 saturated heterocycles. The van der Waals surface area contributed by atoms with Gasteiger partial charge in [-0.2, -0.15) is 5.10 Å². The van der Waals surface area contributed by atoms with Crippen molar-refractivity contribution in [2.75, 3.05) is 5.32 Å². The normalized spacial score (nSPS) is 10.5. The van der Waals surface area contributed by atoms with Gasteiger partial charge in [0.15, 0.2) is 0 Å². The van der Waals surface area contributed by atoms with E-state index in [2.05, 4.69) is 15.8 Å². The van der Waals surface area contributed by atoms with Gasteiger partial charge in [-0.15, -0.1) is 0 Å². The Morgan fingerprint density at radius 1 is 0.667 bits per heavy atom. The van der Waals surface area contributed by atoms with Gasteiger partial charge in [0.2, 0.25) is 0 Å². The van der Waals surface area contributed by atoms with E-state index in [0.29, 0.717) is 22.6 Å². The highest BCUT2D eigenvalue weighted by molar-refractivity contribution is 6.04. The van der Waals surface area contributed by atoms with E-state index in [1.54, 1.807) is 54.7 Å². The first-order chi connectivity index (χ1) is 16.2. The van der Waals surface area contributed by atoms with E-state index < -0.39 is 0 Å². The Hall–Kier alpha value is -4.71. The van der Waals surface area contributed by atoms with Crippen LogP contribution in [0.2, 0.25) is 0 Å². The van der Waals surface area contributed by atoms with E-state index in [4.69, 9.17) is 4.74 Å². The van der Waals surface area contributed by atoms with Crippen LogP contribution < -0.4 is 15.5 Å². The van der Waals surface area contributed by atoms with Gasteiger partial charge in [0.25, 0.3) is 11.8 Å². The van der Waals surface area contributed by atoms with Crippen LogP contribution in [0, 0.1) is 0 Å². The summed E-state index contributed by atoms with van der Waals surface area (Å²) >= 11 is 0. The highest BCUT2D eigenvalue weighted by atomic mass is 16.5. The number of anilines is 1. The van der Waals surface area contributed by atoms with Gasteiger partial charge in [0.05, 0.1) is 6.21 Å². The predicted molar refractivity (Wildman–Crippen MR) is 129 cm³/mol. The SMILES string of the molecule is O=C(N/N=C\c1cccc(Oc2ccccc2)c1)c1ccc(NC(=O)c2ccccc2)cc1. The Labute approximate surface area is 191 Å². The third kappa shape index (κ3) is 6.15. The third-order valence-electron chi connectivity index (χ3n) is 4.66. The fourth-order valence-electron chi connectivity index (χ4n) is 3.01. The summed E-state index contributed by atoms with van der Waals surface area (Å²) in [7, 11) is 0. The Kier molecular flexibility index (Phi) is 6.88. The summed E-state index contributed by atoms with van der Waals surface area (Å²) in [6.45, 7) is 0. The lowest BCUT2D eigenvalue weighted by atomic mass is 10.1. The van der Waals surface area contributed by atoms with E-state index >= 15 is 0 Å². The van der Waals surface area contributed by atoms with Gasteiger partial charge in [-0.1, -0.05) is 48.5 Å². The highest BCUT2D eigenvalue weighted by Crippen LogP contribution is 2.21. The van der Waals surface area contributed by atoms with Crippen LogP contribution in [0.4, 0.5) is 5.69 Å². The molecule has 0 radical (unpaired) electrons. The van der Waals surface area contributed by atoms with Crippen molar-refractivity contribution >= 4 is 23.7 Å². The van der Waals surface area contributed by atoms with E-state index in [0.717, 1.165) is 11.3 Å². The number of hydrogen-bond donors (Lipinski definition) is 2. The Morgan fingerprint density at radius 2 is 1.30 bits per heavy atom. The number of nitrogens with one attached hydrogen (secondary N) is 2. The molecular weight excluding hydrogens is 414 g/mol. The zero-order chi connectivity index (χ0) is 22.9. The number of carbonyl (C=O) groups excluding carboxylic acids is 2. The number of carbonyl (C=O) groups is 2. The minimum Gasteiger partial charge on any atom is -0.457 e. The maximum atomic E-state index is 12.4. The van der Waals surface area contributed by atoms with Crippen molar-refractivity contribution < 1.29 is 14.3 Å². The first-order valence-corrected chi connectivity index (χ1v) is 10.3. The van der Waals surface area contributed by atoms with Gasteiger partial charge < -0.3 is 10.1 Å². The second-order valence-corrected chi connectivity index (χ2v) is 7.08. The first kappa shape index (κ1) is 21.5. The molecule has 2 N–H and O–H groups in total. The summed E-state index contributed by atoms with van der Waals surface area (Å²) in [5, 5.41) is 6.83. The Balaban J connectivity index is 1.32. The number of para-hydroxylation sites is 1. The number of amides is 2.